The minimum absolute atomic E-state index is 0.168. The van der Waals surface area contributed by atoms with Gasteiger partial charge in [0.1, 0.15) is 5.82 Å². The summed E-state index contributed by atoms with van der Waals surface area (Å²) < 4.78 is 12.8. The third-order valence-corrected chi connectivity index (χ3v) is 3.74. The molecule has 18 heavy (non-hydrogen) atoms. The number of likely N-dealkylation sites (tertiary alicyclic amines) is 1. The molecule has 0 saturated carbocycles. The fourth-order valence-corrected chi connectivity index (χ4v) is 2.68. The molecular weight excluding hydrogens is 227 g/mol. The Balaban J connectivity index is 1.86. The highest BCUT2D eigenvalue weighted by molar-refractivity contribution is 5.16. The van der Waals surface area contributed by atoms with Crippen LogP contribution in [0.4, 0.5) is 4.39 Å². The number of halogens is 1. The average Bonchev–Trinajstić information content (AvgIpc) is 2.41. The third-order valence-electron chi connectivity index (χ3n) is 3.74. The maximum atomic E-state index is 12.8. The van der Waals surface area contributed by atoms with Crippen LogP contribution in [0.25, 0.3) is 0 Å². The molecule has 1 atom stereocenters. The van der Waals surface area contributed by atoms with Crippen LogP contribution in [-0.4, -0.2) is 31.1 Å². The normalized spacial score (nSPS) is 18.8. The molecule has 0 aromatic heterocycles. The van der Waals surface area contributed by atoms with Crippen molar-refractivity contribution in [2.24, 2.45) is 11.7 Å². The number of benzene rings is 1. The molecule has 1 aromatic rings. The smallest absolute Gasteiger partial charge is 0.123 e. The average molecular weight is 250 g/mol. The van der Waals surface area contributed by atoms with Crippen molar-refractivity contribution in [3.8, 4) is 0 Å². The Labute approximate surface area is 109 Å². The van der Waals surface area contributed by atoms with Gasteiger partial charge in [0.05, 0.1) is 0 Å². The van der Waals surface area contributed by atoms with Crippen LogP contribution in [0.1, 0.15) is 24.8 Å². The zero-order chi connectivity index (χ0) is 12.8. The molecule has 2 N–H and O–H groups in total. The number of hydrogen-bond donors (Lipinski definition) is 1. The van der Waals surface area contributed by atoms with Gasteiger partial charge in [0.15, 0.2) is 0 Å². The molecule has 0 amide bonds. The summed E-state index contributed by atoms with van der Waals surface area (Å²) in [5.74, 6) is 0.313. The van der Waals surface area contributed by atoms with Gasteiger partial charge >= 0.3 is 0 Å². The summed E-state index contributed by atoms with van der Waals surface area (Å²) in [5, 5.41) is 0. The van der Waals surface area contributed by atoms with E-state index in [-0.39, 0.29) is 5.82 Å². The van der Waals surface area contributed by atoms with E-state index in [0.717, 1.165) is 13.0 Å². The Morgan fingerprint density at radius 3 is 2.39 bits per heavy atom. The van der Waals surface area contributed by atoms with Gasteiger partial charge in [0, 0.05) is 6.54 Å². The second-order valence-corrected chi connectivity index (χ2v) is 5.29. The summed E-state index contributed by atoms with van der Waals surface area (Å²) in [4.78, 5) is 2.52. The van der Waals surface area contributed by atoms with Gasteiger partial charge in [-0.3, -0.25) is 0 Å². The van der Waals surface area contributed by atoms with Gasteiger partial charge in [-0.2, -0.15) is 0 Å². The molecule has 2 nitrogen and oxygen atoms in total. The lowest BCUT2D eigenvalue weighted by Gasteiger charge is -2.30. The van der Waals surface area contributed by atoms with Crippen molar-refractivity contribution in [1.82, 2.24) is 4.90 Å². The number of nitrogens with zero attached hydrogens (tertiary/aromatic N) is 1. The first-order valence-electron chi connectivity index (χ1n) is 6.95. The zero-order valence-electron chi connectivity index (χ0n) is 10.9. The minimum Gasteiger partial charge on any atom is -0.330 e. The van der Waals surface area contributed by atoms with Crippen LogP contribution in [0.2, 0.25) is 0 Å². The maximum absolute atomic E-state index is 12.8. The molecule has 1 aliphatic rings. The topological polar surface area (TPSA) is 29.3 Å². The lowest BCUT2D eigenvalue weighted by molar-refractivity contribution is 0.196. The van der Waals surface area contributed by atoms with Crippen molar-refractivity contribution in [2.45, 2.75) is 25.7 Å². The Hall–Kier alpha value is -0.930. The van der Waals surface area contributed by atoms with E-state index < -0.39 is 0 Å². The van der Waals surface area contributed by atoms with Crippen LogP contribution in [0.5, 0.6) is 0 Å². The summed E-state index contributed by atoms with van der Waals surface area (Å²) in [7, 11) is 0. The van der Waals surface area contributed by atoms with Crippen molar-refractivity contribution in [3.63, 3.8) is 0 Å². The van der Waals surface area contributed by atoms with E-state index in [1.807, 2.05) is 12.1 Å². The molecule has 1 unspecified atom stereocenters. The lowest BCUT2D eigenvalue weighted by Crippen LogP contribution is -2.37. The summed E-state index contributed by atoms with van der Waals surface area (Å²) in [5.41, 5.74) is 7.05. The first-order chi connectivity index (χ1) is 8.78. The van der Waals surface area contributed by atoms with Crippen LogP contribution in [0.15, 0.2) is 24.3 Å². The number of piperidine rings is 1. The number of hydrogen-bond acceptors (Lipinski definition) is 2. The second kappa shape index (κ2) is 6.86. The summed E-state index contributed by atoms with van der Waals surface area (Å²) >= 11 is 0. The molecule has 0 bridgehead atoms. The Kier molecular flexibility index (Phi) is 5.14. The van der Waals surface area contributed by atoms with Gasteiger partial charge in [-0.1, -0.05) is 18.6 Å². The maximum Gasteiger partial charge on any atom is 0.123 e. The van der Waals surface area contributed by atoms with Crippen LogP contribution in [0, 0.1) is 11.7 Å². The summed E-state index contributed by atoms with van der Waals surface area (Å²) in [6.45, 7) is 4.20. The van der Waals surface area contributed by atoms with Gasteiger partial charge < -0.3 is 10.6 Å². The van der Waals surface area contributed by atoms with E-state index in [0.29, 0.717) is 12.5 Å². The van der Waals surface area contributed by atoms with Crippen LogP contribution in [-0.2, 0) is 6.42 Å². The number of rotatable bonds is 5. The van der Waals surface area contributed by atoms with E-state index >= 15 is 0 Å². The summed E-state index contributed by atoms with van der Waals surface area (Å²) in [6, 6.07) is 6.80. The van der Waals surface area contributed by atoms with E-state index in [4.69, 9.17) is 5.73 Å². The third kappa shape index (κ3) is 4.07. The van der Waals surface area contributed by atoms with E-state index in [1.54, 1.807) is 0 Å². The molecule has 1 saturated heterocycles. The van der Waals surface area contributed by atoms with Crippen LogP contribution in [0.3, 0.4) is 0 Å². The first kappa shape index (κ1) is 13.5. The molecule has 0 spiro atoms. The van der Waals surface area contributed by atoms with E-state index in [1.165, 1.54) is 50.0 Å². The van der Waals surface area contributed by atoms with Crippen molar-refractivity contribution in [1.29, 1.82) is 0 Å². The molecule has 1 aromatic carbocycles. The highest BCUT2D eigenvalue weighted by Gasteiger charge is 2.15. The largest absolute Gasteiger partial charge is 0.330 e. The molecule has 3 heteroatoms. The SMILES string of the molecule is NCC(Cc1ccc(F)cc1)CN1CCCCC1. The molecule has 0 aliphatic carbocycles. The molecule has 2 rings (SSSR count). The van der Waals surface area contributed by atoms with Gasteiger partial charge in [-0.05, 0) is 62.5 Å². The van der Waals surface area contributed by atoms with E-state index in [9.17, 15) is 4.39 Å². The minimum atomic E-state index is -0.168. The van der Waals surface area contributed by atoms with Gasteiger partial charge in [0.2, 0.25) is 0 Å². The molecule has 1 aliphatic heterocycles. The van der Waals surface area contributed by atoms with Crippen molar-refractivity contribution in [2.75, 3.05) is 26.2 Å². The highest BCUT2D eigenvalue weighted by Crippen LogP contribution is 2.14. The van der Waals surface area contributed by atoms with Gasteiger partial charge in [-0.25, -0.2) is 4.39 Å². The van der Waals surface area contributed by atoms with Gasteiger partial charge in [0.25, 0.3) is 0 Å². The molecule has 1 heterocycles. The Morgan fingerprint density at radius 2 is 1.78 bits per heavy atom. The lowest BCUT2D eigenvalue weighted by atomic mass is 9.98. The van der Waals surface area contributed by atoms with Gasteiger partial charge in [-0.15, -0.1) is 0 Å². The molecule has 1 fully saturated rings. The summed E-state index contributed by atoms with van der Waals surface area (Å²) in [6.07, 6.45) is 4.94. The van der Waals surface area contributed by atoms with Crippen molar-refractivity contribution in [3.05, 3.63) is 35.6 Å². The predicted molar refractivity (Wildman–Crippen MR) is 72.9 cm³/mol. The molecular formula is C15H23FN2. The predicted octanol–water partition coefficient (Wildman–Crippen LogP) is 2.43. The van der Waals surface area contributed by atoms with Crippen molar-refractivity contribution < 1.29 is 4.39 Å². The highest BCUT2D eigenvalue weighted by atomic mass is 19.1. The quantitative estimate of drug-likeness (QED) is 0.869. The number of nitrogens with two attached hydrogens (primary N) is 1. The molecule has 0 radical (unpaired) electrons. The van der Waals surface area contributed by atoms with Crippen molar-refractivity contribution >= 4 is 0 Å². The monoisotopic (exact) mass is 250 g/mol. The van der Waals surface area contributed by atoms with Crippen LogP contribution < -0.4 is 5.73 Å². The van der Waals surface area contributed by atoms with E-state index in [2.05, 4.69) is 4.90 Å². The zero-order valence-corrected chi connectivity index (χ0v) is 10.9. The Morgan fingerprint density at radius 1 is 1.11 bits per heavy atom. The molecule has 100 valence electrons. The second-order valence-electron chi connectivity index (χ2n) is 5.29. The Bertz CT molecular complexity index is 344. The fourth-order valence-electron chi connectivity index (χ4n) is 2.68. The van der Waals surface area contributed by atoms with Crippen LogP contribution >= 0.6 is 0 Å². The first-order valence-corrected chi connectivity index (χ1v) is 6.95. The standard InChI is InChI=1S/C15H23FN2/c16-15-6-4-13(5-7-15)10-14(11-17)12-18-8-2-1-3-9-18/h4-7,14H,1-3,8-12,17H2. The fraction of sp³-hybridized carbons (Fsp3) is 0.600.